The summed E-state index contributed by atoms with van der Waals surface area (Å²) in [6.07, 6.45) is 2.75. The van der Waals surface area contributed by atoms with E-state index < -0.39 is 0 Å². The molecule has 0 bridgehead atoms. The summed E-state index contributed by atoms with van der Waals surface area (Å²) in [4.78, 5) is 0. The van der Waals surface area contributed by atoms with E-state index in [-0.39, 0.29) is 0 Å². The van der Waals surface area contributed by atoms with Gasteiger partial charge in [-0.05, 0) is 47.9 Å². The first kappa shape index (κ1) is 9.26. The highest BCUT2D eigenvalue weighted by molar-refractivity contribution is 9.10. The van der Waals surface area contributed by atoms with E-state index in [0.717, 1.165) is 5.92 Å². The van der Waals surface area contributed by atoms with Crippen molar-refractivity contribution in [1.82, 2.24) is 0 Å². The molecule has 0 saturated heterocycles. The van der Waals surface area contributed by atoms with Gasteiger partial charge in [0.1, 0.15) is 0 Å². The lowest BCUT2D eigenvalue weighted by Crippen LogP contribution is -1.95. The monoisotopic (exact) mass is 237 g/mol. The summed E-state index contributed by atoms with van der Waals surface area (Å²) >= 11 is 3.52. The fourth-order valence-corrected chi connectivity index (χ4v) is 2.07. The molecule has 0 amide bonds. The van der Waals surface area contributed by atoms with E-state index in [4.69, 9.17) is 0 Å². The SMILES string of the molecule is C[C](C)c1cc(Br)ccc1C1CC1. The Hall–Kier alpha value is -0.300. The number of rotatable bonds is 2. The molecule has 1 fully saturated rings. The lowest BCUT2D eigenvalue weighted by molar-refractivity contribution is 1.04. The quantitative estimate of drug-likeness (QED) is 0.721. The van der Waals surface area contributed by atoms with Crippen molar-refractivity contribution < 1.29 is 0 Å². The van der Waals surface area contributed by atoms with Crippen LogP contribution >= 0.6 is 15.9 Å². The molecule has 1 aromatic carbocycles. The highest BCUT2D eigenvalue weighted by atomic mass is 79.9. The second kappa shape index (κ2) is 3.45. The molecule has 2 rings (SSSR count). The van der Waals surface area contributed by atoms with Gasteiger partial charge in [0.05, 0.1) is 0 Å². The lowest BCUT2D eigenvalue weighted by Gasteiger charge is -2.11. The molecule has 0 N–H and O–H groups in total. The summed E-state index contributed by atoms with van der Waals surface area (Å²) in [5.41, 5.74) is 2.99. The molecular formula is C12H14Br. The standard InChI is InChI=1S/C12H14Br/c1-8(2)12-7-10(13)5-6-11(12)9-3-4-9/h5-7,9H,3-4H2,1-2H3. The average molecular weight is 238 g/mol. The van der Waals surface area contributed by atoms with Crippen LogP contribution in [0.25, 0.3) is 0 Å². The van der Waals surface area contributed by atoms with E-state index in [0.29, 0.717) is 0 Å². The highest BCUT2D eigenvalue weighted by Gasteiger charge is 2.26. The summed E-state index contributed by atoms with van der Waals surface area (Å²) in [6.45, 7) is 4.38. The van der Waals surface area contributed by atoms with Crippen LogP contribution in [0, 0.1) is 5.92 Å². The van der Waals surface area contributed by atoms with Crippen molar-refractivity contribution in [2.45, 2.75) is 32.6 Å². The number of hydrogen-bond donors (Lipinski definition) is 0. The van der Waals surface area contributed by atoms with Gasteiger partial charge in [0.2, 0.25) is 0 Å². The van der Waals surface area contributed by atoms with Crippen LogP contribution in [0.1, 0.15) is 43.7 Å². The molecule has 0 unspecified atom stereocenters. The normalized spacial score (nSPS) is 16.6. The third-order valence-corrected chi connectivity index (χ3v) is 3.06. The van der Waals surface area contributed by atoms with E-state index >= 15 is 0 Å². The maximum absolute atomic E-state index is 3.52. The number of halogens is 1. The predicted octanol–water partition coefficient (Wildman–Crippen LogP) is 4.29. The topological polar surface area (TPSA) is 0 Å². The van der Waals surface area contributed by atoms with E-state index in [2.05, 4.69) is 48.0 Å². The van der Waals surface area contributed by atoms with Gasteiger partial charge in [-0.25, -0.2) is 0 Å². The zero-order valence-electron chi connectivity index (χ0n) is 8.10. The van der Waals surface area contributed by atoms with Crippen LogP contribution < -0.4 is 0 Å². The van der Waals surface area contributed by atoms with E-state index in [1.807, 2.05) is 0 Å². The molecule has 0 atom stereocenters. The van der Waals surface area contributed by atoms with Crippen LogP contribution in [0.2, 0.25) is 0 Å². The van der Waals surface area contributed by atoms with Crippen molar-refractivity contribution in [1.29, 1.82) is 0 Å². The summed E-state index contributed by atoms with van der Waals surface area (Å²) in [7, 11) is 0. The van der Waals surface area contributed by atoms with Crippen molar-refractivity contribution >= 4 is 15.9 Å². The van der Waals surface area contributed by atoms with Gasteiger partial charge in [-0.15, -0.1) is 0 Å². The minimum atomic E-state index is 0.845. The van der Waals surface area contributed by atoms with Crippen molar-refractivity contribution in [2.75, 3.05) is 0 Å². The fraction of sp³-hybridized carbons (Fsp3) is 0.417. The van der Waals surface area contributed by atoms with Crippen LogP contribution in [0.5, 0.6) is 0 Å². The molecule has 0 aliphatic heterocycles. The zero-order valence-corrected chi connectivity index (χ0v) is 9.69. The molecular weight excluding hydrogens is 224 g/mol. The molecule has 13 heavy (non-hydrogen) atoms. The Morgan fingerprint density at radius 2 is 2.00 bits per heavy atom. The van der Waals surface area contributed by atoms with E-state index in [9.17, 15) is 0 Å². The van der Waals surface area contributed by atoms with Gasteiger partial charge >= 0.3 is 0 Å². The summed E-state index contributed by atoms with van der Waals surface area (Å²) in [6, 6.07) is 6.66. The Kier molecular flexibility index (Phi) is 2.46. The Labute approximate surface area is 88.5 Å². The van der Waals surface area contributed by atoms with E-state index in [1.54, 1.807) is 5.56 Å². The largest absolute Gasteiger partial charge is 0.0573 e. The van der Waals surface area contributed by atoms with Crippen LogP contribution in [-0.4, -0.2) is 0 Å². The minimum absolute atomic E-state index is 0.845. The minimum Gasteiger partial charge on any atom is -0.0573 e. The van der Waals surface area contributed by atoms with Crippen molar-refractivity contribution in [3.05, 3.63) is 39.7 Å². The molecule has 0 aromatic heterocycles. The van der Waals surface area contributed by atoms with Crippen molar-refractivity contribution in [2.24, 2.45) is 0 Å². The second-order valence-corrected chi connectivity index (χ2v) is 4.92. The molecule has 1 radical (unpaired) electrons. The van der Waals surface area contributed by atoms with E-state index in [1.165, 1.54) is 28.8 Å². The smallest absolute Gasteiger partial charge is 0.0178 e. The Balaban J connectivity index is 2.41. The van der Waals surface area contributed by atoms with Crippen LogP contribution in [-0.2, 0) is 0 Å². The lowest BCUT2D eigenvalue weighted by atomic mass is 9.95. The Bertz CT molecular complexity index is 311. The molecule has 0 nitrogen and oxygen atoms in total. The molecule has 1 aliphatic carbocycles. The van der Waals surface area contributed by atoms with Gasteiger partial charge in [-0.2, -0.15) is 0 Å². The number of benzene rings is 1. The van der Waals surface area contributed by atoms with Gasteiger partial charge in [-0.3, -0.25) is 0 Å². The summed E-state index contributed by atoms with van der Waals surface area (Å²) in [5, 5.41) is 0. The molecule has 69 valence electrons. The van der Waals surface area contributed by atoms with Gasteiger partial charge in [-0.1, -0.05) is 35.8 Å². The first-order valence-corrected chi connectivity index (χ1v) is 5.58. The zero-order chi connectivity index (χ0) is 9.42. The average Bonchev–Trinajstić information content (AvgIpc) is 2.87. The van der Waals surface area contributed by atoms with Crippen LogP contribution in [0.4, 0.5) is 0 Å². The third-order valence-electron chi connectivity index (χ3n) is 2.57. The first-order valence-electron chi connectivity index (χ1n) is 4.78. The predicted molar refractivity (Wildman–Crippen MR) is 59.8 cm³/mol. The van der Waals surface area contributed by atoms with Crippen molar-refractivity contribution in [3.63, 3.8) is 0 Å². The highest BCUT2D eigenvalue weighted by Crippen LogP contribution is 2.43. The molecule has 0 heterocycles. The molecule has 1 aliphatic rings. The maximum Gasteiger partial charge on any atom is 0.0178 e. The van der Waals surface area contributed by atoms with Crippen molar-refractivity contribution in [3.8, 4) is 0 Å². The second-order valence-electron chi connectivity index (χ2n) is 4.01. The summed E-state index contributed by atoms with van der Waals surface area (Å²) in [5.74, 6) is 2.26. The van der Waals surface area contributed by atoms with Gasteiger partial charge < -0.3 is 0 Å². The molecule has 1 heteroatoms. The van der Waals surface area contributed by atoms with Gasteiger partial charge in [0, 0.05) is 4.47 Å². The maximum atomic E-state index is 3.52. The molecule has 1 aromatic rings. The van der Waals surface area contributed by atoms with Gasteiger partial charge in [0.15, 0.2) is 0 Å². The molecule has 0 spiro atoms. The summed E-state index contributed by atoms with van der Waals surface area (Å²) < 4.78 is 1.19. The van der Waals surface area contributed by atoms with Crippen LogP contribution in [0.15, 0.2) is 22.7 Å². The number of hydrogen-bond acceptors (Lipinski definition) is 0. The first-order chi connectivity index (χ1) is 6.18. The van der Waals surface area contributed by atoms with Crippen LogP contribution in [0.3, 0.4) is 0 Å². The fourth-order valence-electron chi connectivity index (χ4n) is 1.71. The molecule has 1 saturated carbocycles. The van der Waals surface area contributed by atoms with Gasteiger partial charge in [0.25, 0.3) is 0 Å². The third kappa shape index (κ3) is 1.96. The Morgan fingerprint density at radius 1 is 1.31 bits per heavy atom. The Morgan fingerprint density at radius 3 is 2.54 bits per heavy atom.